The number of benzene rings is 1. The first kappa shape index (κ1) is 13.4. The minimum Gasteiger partial charge on any atom is -0.478 e. The topological polar surface area (TPSA) is 50.2 Å². The van der Waals surface area contributed by atoms with Crippen molar-refractivity contribution >= 4 is 17.7 Å². The van der Waals surface area contributed by atoms with E-state index in [0.717, 1.165) is 24.4 Å². The molecule has 2 aromatic rings. The van der Waals surface area contributed by atoms with E-state index in [1.165, 1.54) is 0 Å². The molecule has 0 spiro atoms. The van der Waals surface area contributed by atoms with Gasteiger partial charge < -0.3 is 5.11 Å². The number of halogens is 3. The molecule has 0 aliphatic carbocycles. The van der Waals surface area contributed by atoms with Crippen molar-refractivity contribution in [3.8, 4) is 0 Å². The van der Waals surface area contributed by atoms with Crippen LogP contribution in [0.1, 0.15) is 10.4 Å². The highest BCUT2D eigenvalue weighted by Crippen LogP contribution is 2.31. The molecule has 1 heterocycles. The van der Waals surface area contributed by atoms with Crippen molar-refractivity contribution in [2.75, 3.05) is 0 Å². The monoisotopic (exact) mass is 285 g/mol. The molecule has 7 heteroatoms. The quantitative estimate of drug-likeness (QED) is 0.939. The van der Waals surface area contributed by atoms with Gasteiger partial charge in [0.05, 0.1) is 11.8 Å². The molecule has 0 atom stereocenters. The SMILES string of the molecule is O=C(O)c1cc(F)cnc1Sc1ccc(F)cc1F. The van der Waals surface area contributed by atoms with E-state index in [2.05, 4.69) is 4.98 Å². The van der Waals surface area contributed by atoms with Crippen LogP contribution in [0.5, 0.6) is 0 Å². The number of aromatic carboxylic acids is 1. The molecule has 0 saturated carbocycles. The number of hydrogen-bond acceptors (Lipinski definition) is 3. The van der Waals surface area contributed by atoms with Crippen LogP contribution in [-0.4, -0.2) is 16.1 Å². The van der Waals surface area contributed by atoms with Crippen LogP contribution in [-0.2, 0) is 0 Å². The van der Waals surface area contributed by atoms with Crippen LogP contribution in [0.4, 0.5) is 13.2 Å². The number of aromatic nitrogens is 1. The molecule has 0 saturated heterocycles. The Bertz CT molecular complexity index is 649. The Morgan fingerprint density at radius 2 is 1.89 bits per heavy atom. The number of carboxylic acids is 1. The van der Waals surface area contributed by atoms with E-state index in [1.54, 1.807) is 0 Å². The lowest BCUT2D eigenvalue weighted by atomic mass is 10.3. The number of hydrogen-bond donors (Lipinski definition) is 1. The van der Waals surface area contributed by atoms with Gasteiger partial charge in [0.15, 0.2) is 0 Å². The smallest absolute Gasteiger partial charge is 0.338 e. The van der Waals surface area contributed by atoms with Crippen LogP contribution >= 0.6 is 11.8 Å². The Balaban J connectivity index is 2.40. The molecular formula is C12H6F3NO2S. The fourth-order valence-corrected chi connectivity index (χ4v) is 2.19. The van der Waals surface area contributed by atoms with E-state index < -0.39 is 23.4 Å². The van der Waals surface area contributed by atoms with Crippen LogP contribution in [0, 0.1) is 17.5 Å². The Morgan fingerprint density at radius 1 is 1.16 bits per heavy atom. The molecule has 1 aromatic heterocycles. The van der Waals surface area contributed by atoms with Gasteiger partial charge in [0.25, 0.3) is 0 Å². The lowest BCUT2D eigenvalue weighted by molar-refractivity contribution is 0.0691. The van der Waals surface area contributed by atoms with Gasteiger partial charge in [-0.3, -0.25) is 0 Å². The van der Waals surface area contributed by atoms with Crippen molar-refractivity contribution in [2.45, 2.75) is 9.92 Å². The maximum absolute atomic E-state index is 13.4. The van der Waals surface area contributed by atoms with E-state index >= 15 is 0 Å². The standard InChI is InChI=1S/C12H6F3NO2S/c13-6-1-2-10(9(15)4-6)19-11-8(12(17)18)3-7(14)5-16-11/h1-5H,(H,17,18). The normalized spacial score (nSPS) is 10.5. The highest BCUT2D eigenvalue weighted by Gasteiger charge is 2.16. The minimum absolute atomic E-state index is 0.00279. The summed E-state index contributed by atoms with van der Waals surface area (Å²) < 4.78 is 39.1. The molecule has 0 amide bonds. The number of rotatable bonds is 3. The second-order valence-corrected chi connectivity index (χ2v) is 4.52. The predicted octanol–water partition coefficient (Wildman–Crippen LogP) is 3.35. The fourth-order valence-electron chi connectivity index (χ4n) is 1.32. The summed E-state index contributed by atoms with van der Waals surface area (Å²) in [6.07, 6.45) is 0.830. The molecule has 3 nitrogen and oxygen atoms in total. The number of carbonyl (C=O) groups is 1. The Hall–Kier alpha value is -2.02. The largest absolute Gasteiger partial charge is 0.478 e. The van der Waals surface area contributed by atoms with E-state index in [1.807, 2.05) is 0 Å². The molecule has 19 heavy (non-hydrogen) atoms. The summed E-state index contributed by atoms with van der Waals surface area (Å²) in [4.78, 5) is 14.5. The molecule has 98 valence electrons. The summed E-state index contributed by atoms with van der Waals surface area (Å²) in [5, 5.41) is 8.84. The van der Waals surface area contributed by atoms with Crippen LogP contribution in [0.3, 0.4) is 0 Å². The second-order valence-electron chi connectivity index (χ2n) is 3.49. The predicted molar refractivity (Wildman–Crippen MR) is 61.6 cm³/mol. The van der Waals surface area contributed by atoms with E-state index in [-0.39, 0.29) is 15.5 Å². The van der Waals surface area contributed by atoms with Crippen LogP contribution in [0.2, 0.25) is 0 Å². The van der Waals surface area contributed by atoms with E-state index in [4.69, 9.17) is 5.11 Å². The lowest BCUT2D eigenvalue weighted by Gasteiger charge is -2.05. The molecule has 0 aliphatic heterocycles. The second kappa shape index (κ2) is 5.31. The van der Waals surface area contributed by atoms with Crippen molar-refractivity contribution in [3.05, 3.63) is 53.5 Å². The summed E-state index contributed by atoms with van der Waals surface area (Å²) in [7, 11) is 0. The maximum atomic E-state index is 13.4. The van der Waals surface area contributed by atoms with Gasteiger partial charge in [-0.15, -0.1) is 0 Å². The first-order valence-corrected chi connectivity index (χ1v) is 5.81. The summed E-state index contributed by atoms with van der Waals surface area (Å²) >= 11 is 0.686. The van der Waals surface area contributed by atoms with Crippen LogP contribution in [0.25, 0.3) is 0 Å². The molecule has 0 unspecified atom stereocenters. The highest BCUT2D eigenvalue weighted by molar-refractivity contribution is 7.99. The fraction of sp³-hybridized carbons (Fsp3) is 0. The van der Waals surface area contributed by atoms with Gasteiger partial charge in [-0.05, 0) is 18.2 Å². The molecule has 1 N–H and O–H groups in total. The summed E-state index contributed by atoms with van der Waals surface area (Å²) in [5.41, 5.74) is -0.381. The van der Waals surface area contributed by atoms with Crippen LogP contribution < -0.4 is 0 Å². The van der Waals surface area contributed by atoms with Gasteiger partial charge in [0.1, 0.15) is 22.5 Å². The summed E-state index contributed by atoms with van der Waals surface area (Å²) in [6.45, 7) is 0. The van der Waals surface area contributed by atoms with Gasteiger partial charge in [-0.25, -0.2) is 22.9 Å². The van der Waals surface area contributed by atoms with Gasteiger partial charge in [0, 0.05) is 11.0 Å². The summed E-state index contributed by atoms with van der Waals surface area (Å²) in [5.74, 6) is -3.77. The van der Waals surface area contributed by atoms with E-state index in [0.29, 0.717) is 17.8 Å². The van der Waals surface area contributed by atoms with Gasteiger partial charge in [0.2, 0.25) is 0 Å². The molecule has 0 fully saturated rings. The highest BCUT2D eigenvalue weighted by atomic mass is 32.2. The molecular weight excluding hydrogens is 279 g/mol. The third kappa shape index (κ3) is 3.05. The molecule has 0 aliphatic rings. The van der Waals surface area contributed by atoms with Gasteiger partial charge in [-0.2, -0.15) is 0 Å². The molecule has 0 radical (unpaired) electrons. The number of pyridine rings is 1. The van der Waals surface area contributed by atoms with Crippen LogP contribution in [0.15, 0.2) is 40.4 Å². The third-order valence-electron chi connectivity index (χ3n) is 2.15. The van der Waals surface area contributed by atoms with Crippen molar-refractivity contribution in [3.63, 3.8) is 0 Å². The van der Waals surface area contributed by atoms with Crippen molar-refractivity contribution in [1.82, 2.24) is 4.98 Å². The zero-order chi connectivity index (χ0) is 14.0. The average molecular weight is 285 g/mol. The molecule has 0 bridgehead atoms. The van der Waals surface area contributed by atoms with Gasteiger partial charge >= 0.3 is 5.97 Å². The zero-order valence-corrected chi connectivity index (χ0v) is 10.0. The Morgan fingerprint density at radius 3 is 2.53 bits per heavy atom. The van der Waals surface area contributed by atoms with Crippen molar-refractivity contribution < 1.29 is 23.1 Å². The third-order valence-corrected chi connectivity index (χ3v) is 3.22. The van der Waals surface area contributed by atoms with Crippen molar-refractivity contribution in [2.24, 2.45) is 0 Å². The Kier molecular flexibility index (Phi) is 3.75. The van der Waals surface area contributed by atoms with Crippen molar-refractivity contribution in [1.29, 1.82) is 0 Å². The first-order chi connectivity index (χ1) is 8.97. The average Bonchev–Trinajstić information content (AvgIpc) is 2.34. The molecule has 2 rings (SSSR count). The minimum atomic E-state index is -1.38. The van der Waals surface area contributed by atoms with Gasteiger partial charge in [-0.1, -0.05) is 11.8 Å². The number of carboxylic acid groups (broad SMARTS) is 1. The zero-order valence-electron chi connectivity index (χ0n) is 9.23. The Labute approximate surface area is 110 Å². The molecule has 1 aromatic carbocycles. The van der Waals surface area contributed by atoms with E-state index in [9.17, 15) is 18.0 Å². The summed E-state index contributed by atoms with van der Waals surface area (Å²) in [6, 6.07) is 3.66. The maximum Gasteiger partial charge on any atom is 0.338 e. The number of nitrogens with zero attached hydrogens (tertiary/aromatic N) is 1. The lowest BCUT2D eigenvalue weighted by Crippen LogP contribution is -2.02. The first-order valence-electron chi connectivity index (χ1n) is 4.99.